The molecule has 0 atom stereocenters. The van der Waals surface area contributed by atoms with Crippen molar-refractivity contribution in [2.24, 2.45) is 10.8 Å². The maximum atomic E-state index is 11.4. The third-order valence-corrected chi connectivity index (χ3v) is 2.98. The minimum atomic E-state index is -0.290. The molecule has 0 radical (unpaired) electrons. The van der Waals surface area contributed by atoms with Crippen molar-refractivity contribution in [3.63, 3.8) is 0 Å². The predicted octanol–water partition coefficient (Wildman–Crippen LogP) is 0.976. The molecule has 68 valence electrons. The first-order valence-corrected chi connectivity index (χ1v) is 4.27. The van der Waals surface area contributed by atoms with E-state index in [2.05, 4.69) is 6.92 Å². The molecule has 3 nitrogen and oxygen atoms in total. The number of hydrogen-bond acceptors (Lipinski definition) is 3. The topological polar surface area (TPSA) is 35.5 Å². The van der Waals surface area contributed by atoms with Gasteiger partial charge in [0.25, 0.3) is 0 Å². The Balaban J connectivity index is 2.11. The molecule has 2 bridgehead atoms. The van der Waals surface area contributed by atoms with E-state index in [0.717, 1.165) is 19.4 Å². The SMILES string of the molecule is COC(=O)C12COCC(C)(C1)C2. The Hall–Kier alpha value is -0.570. The van der Waals surface area contributed by atoms with Crippen molar-refractivity contribution in [2.75, 3.05) is 20.3 Å². The predicted molar refractivity (Wildman–Crippen MR) is 42.6 cm³/mol. The summed E-state index contributed by atoms with van der Waals surface area (Å²) in [5, 5.41) is 0. The lowest BCUT2D eigenvalue weighted by molar-refractivity contribution is -0.210. The van der Waals surface area contributed by atoms with Crippen LogP contribution < -0.4 is 0 Å². The molecule has 1 aliphatic carbocycles. The van der Waals surface area contributed by atoms with Gasteiger partial charge in [-0.3, -0.25) is 4.79 Å². The Morgan fingerprint density at radius 3 is 2.58 bits per heavy atom. The molecule has 0 amide bonds. The van der Waals surface area contributed by atoms with Gasteiger partial charge in [0.1, 0.15) is 0 Å². The highest BCUT2D eigenvalue weighted by Crippen LogP contribution is 2.58. The van der Waals surface area contributed by atoms with Gasteiger partial charge < -0.3 is 9.47 Å². The van der Waals surface area contributed by atoms with Gasteiger partial charge in [0.05, 0.1) is 25.7 Å². The summed E-state index contributed by atoms with van der Waals surface area (Å²) in [4.78, 5) is 11.4. The van der Waals surface area contributed by atoms with Gasteiger partial charge in [0, 0.05) is 0 Å². The number of fused-ring (bicyclic) bond motifs is 2. The van der Waals surface area contributed by atoms with Crippen LogP contribution in [-0.2, 0) is 14.3 Å². The van der Waals surface area contributed by atoms with Gasteiger partial charge in [0.2, 0.25) is 0 Å². The zero-order valence-electron chi connectivity index (χ0n) is 7.55. The highest BCUT2D eigenvalue weighted by atomic mass is 16.5. The van der Waals surface area contributed by atoms with E-state index in [4.69, 9.17) is 9.47 Å². The summed E-state index contributed by atoms with van der Waals surface area (Å²) in [5.74, 6) is -0.0975. The second kappa shape index (κ2) is 2.22. The fourth-order valence-electron chi connectivity index (χ4n) is 2.70. The number of carbonyl (C=O) groups is 1. The van der Waals surface area contributed by atoms with Crippen molar-refractivity contribution in [1.29, 1.82) is 0 Å². The first-order valence-electron chi connectivity index (χ1n) is 4.27. The average Bonchev–Trinajstić information content (AvgIpc) is 2.01. The van der Waals surface area contributed by atoms with Gasteiger partial charge >= 0.3 is 5.97 Å². The van der Waals surface area contributed by atoms with Crippen LogP contribution in [-0.4, -0.2) is 26.3 Å². The standard InChI is InChI=1S/C9H14O3/c1-8-3-9(4-8,6-12-5-8)7(10)11-2/h3-6H2,1-2H3. The normalized spacial score (nSPS) is 44.8. The summed E-state index contributed by atoms with van der Waals surface area (Å²) in [6.45, 7) is 3.51. The highest BCUT2D eigenvalue weighted by Gasteiger charge is 2.60. The smallest absolute Gasteiger partial charge is 0.314 e. The highest BCUT2D eigenvalue weighted by molar-refractivity contribution is 5.78. The fraction of sp³-hybridized carbons (Fsp3) is 0.889. The quantitative estimate of drug-likeness (QED) is 0.550. The number of methoxy groups -OCH3 is 1. The van der Waals surface area contributed by atoms with Crippen LogP contribution in [0.1, 0.15) is 19.8 Å². The van der Waals surface area contributed by atoms with Crippen molar-refractivity contribution in [1.82, 2.24) is 0 Å². The molecule has 0 aromatic rings. The van der Waals surface area contributed by atoms with Crippen LogP contribution in [0, 0.1) is 10.8 Å². The summed E-state index contributed by atoms with van der Waals surface area (Å²) < 4.78 is 10.1. The molecule has 2 aliphatic heterocycles. The molecule has 3 aliphatic rings. The number of carbonyl (C=O) groups excluding carboxylic acids is 1. The van der Waals surface area contributed by atoms with E-state index < -0.39 is 0 Å². The summed E-state index contributed by atoms with van der Waals surface area (Å²) in [6.07, 6.45) is 1.87. The molecule has 3 heteroatoms. The van der Waals surface area contributed by atoms with Crippen LogP contribution in [0.2, 0.25) is 0 Å². The van der Waals surface area contributed by atoms with Gasteiger partial charge in [-0.15, -0.1) is 0 Å². The summed E-state index contributed by atoms with van der Waals surface area (Å²) >= 11 is 0. The molecule has 0 aromatic heterocycles. The minimum absolute atomic E-state index is 0.0975. The molecule has 0 N–H and O–H groups in total. The lowest BCUT2D eigenvalue weighted by atomic mass is 9.52. The van der Waals surface area contributed by atoms with E-state index in [1.54, 1.807) is 0 Å². The number of ether oxygens (including phenoxy) is 2. The molecule has 12 heavy (non-hydrogen) atoms. The molecular formula is C9H14O3. The lowest BCUT2D eigenvalue weighted by Gasteiger charge is -2.56. The zero-order valence-corrected chi connectivity index (χ0v) is 7.55. The Morgan fingerprint density at radius 2 is 2.08 bits per heavy atom. The number of esters is 1. The monoisotopic (exact) mass is 170 g/mol. The summed E-state index contributed by atoms with van der Waals surface area (Å²) in [7, 11) is 1.45. The maximum absolute atomic E-state index is 11.4. The first-order chi connectivity index (χ1) is 5.60. The third-order valence-electron chi connectivity index (χ3n) is 2.98. The van der Waals surface area contributed by atoms with E-state index >= 15 is 0 Å². The Labute approximate surface area is 72.0 Å². The fourth-order valence-corrected chi connectivity index (χ4v) is 2.70. The molecule has 2 saturated heterocycles. The Bertz CT molecular complexity index is 216. The van der Waals surface area contributed by atoms with Crippen molar-refractivity contribution < 1.29 is 14.3 Å². The maximum Gasteiger partial charge on any atom is 0.314 e. The molecule has 3 fully saturated rings. The van der Waals surface area contributed by atoms with E-state index in [1.807, 2.05) is 0 Å². The second-order valence-corrected chi connectivity index (χ2v) is 4.43. The summed E-state index contributed by atoms with van der Waals surface area (Å²) in [5.41, 5.74) is -0.0474. The number of hydrogen-bond donors (Lipinski definition) is 0. The molecule has 2 heterocycles. The van der Waals surface area contributed by atoms with Gasteiger partial charge in [-0.25, -0.2) is 0 Å². The van der Waals surface area contributed by atoms with Crippen LogP contribution >= 0.6 is 0 Å². The Morgan fingerprint density at radius 1 is 1.42 bits per heavy atom. The lowest BCUT2D eigenvalue weighted by Crippen LogP contribution is -2.59. The van der Waals surface area contributed by atoms with Crippen molar-refractivity contribution in [2.45, 2.75) is 19.8 Å². The van der Waals surface area contributed by atoms with Crippen molar-refractivity contribution >= 4 is 5.97 Å². The van der Waals surface area contributed by atoms with Crippen LogP contribution in [0.15, 0.2) is 0 Å². The van der Waals surface area contributed by atoms with Gasteiger partial charge in [-0.2, -0.15) is 0 Å². The van der Waals surface area contributed by atoms with E-state index in [-0.39, 0.29) is 16.8 Å². The van der Waals surface area contributed by atoms with E-state index in [0.29, 0.717) is 6.61 Å². The third kappa shape index (κ3) is 0.891. The molecule has 3 rings (SSSR count). The van der Waals surface area contributed by atoms with Crippen molar-refractivity contribution in [3.05, 3.63) is 0 Å². The average molecular weight is 170 g/mol. The van der Waals surface area contributed by atoms with Gasteiger partial charge in [-0.05, 0) is 18.3 Å². The van der Waals surface area contributed by atoms with E-state index in [1.165, 1.54) is 7.11 Å². The van der Waals surface area contributed by atoms with Gasteiger partial charge in [0.15, 0.2) is 0 Å². The van der Waals surface area contributed by atoms with Crippen LogP contribution in [0.25, 0.3) is 0 Å². The molecule has 1 saturated carbocycles. The molecular weight excluding hydrogens is 156 g/mol. The largest absolute Gasteiger partial charge is 0.469 e. The Kier molecular flexibility index (Phi) is 1.49. The van der Waals surface area contributed by atoms with Crippen LogP contribution in [0.4, 0.5) is 0 Å². The van der Waals surface area contributed by atoms with Crippen LogP contribution in [0.5, 0.6) is 0 Å². The van der Waals surface area contributed by atoms with E-state index in [9.17, 15) is 4.79 Å². The van der Waals surface area contributed by atoms with Gasteiger partial charge in [-0.1, -0.05) is 6.92 Å². The van der Waals surface area contributed by atoms with Crippen LogP contribution in [0.3, 0.4) is 0 Å². The number of rotatable bonds is 1. The molecule has 0 spiro atoms. The molecule has 0 unspecified atom stereocenters. The first kappa shape index (κ1) is 8.05. The zero-order chi connectivity index (χ0) is 8.82. The minimum Gasteiger partial charge on any atom is -0.469 e. The summed E-state index contributed by atoms with van der Waals surface area (Å²) in [6, 6.07) is 0. The molecule has 0 aromatic carbocycles. The second-order valence-electron chi connectivity index (χ2n) is 4.43. The van der Waals surface area contributed by atoms with Crippen molar-refractivity contribution in [3.8, 4) is 0 Å².